The molecule has 0 bridgehead atoms. The van der Waals surface area contributed by atoms with Crippen LogP contribution in [0.4, 0.5) is 5.69 Å². The minimum atomic E-state index is 0.787. The first-order valence-corrected chi connectivity index (χ1v) is 11.7. The molecule has 0 amide bonds. The zero-order valence-electron chi connectivity index (χ0n) is 19.0. The number of hydrogen-bond donors (Lipinski definition) is 0. The van der Waals surface area contributed by atoms with Crippen molar-refractivity contribution >= 4 is 27.5 Å². The molecule has 3 aromatic carbocycles. The van der Waals surface area contributed by atoms with Crippen molar-refractivity contribution in [2.24, 2.45) is 0 Å². The summed E-state index contributed by atoms with van der Waals surface area (Å²) < 4.78 is 8.57. The van der Waals surface area contributed by atoms with Crippen LogP contribution in [0, 0.1) is 0 Å². The van der Waals surface area contributed by atoms with Crippen LogP contribution >= 0.6 is 0 Å². The average molecular weight is 455 g/mol. The number of ether oxygens (including phenoxy) is 1. The Balaban J connectivity index is 1.26. The Kier molecular flexibility index (Phi) is 4.45. The van der Waals surface area contributed by atoms with Crippen molar-refractivity contribution in [3.63, 3.8) is 0 Å². The molecule has 2 aliphatic rings. The molecule has 5 heteroatoms. The first-order chi connectivity index (χ1) is 17.3. The highest BCUT2D eigenvalue weighted by Crippen LogP contribution is 2.36. The Hall–Kier alpha value is -4.77. The summed E-state index contributed by atoms with van der Waals surface area (Å²) in [4.78, 5) is 9.07. The molecule has 0 saturated heterocycles. The van der Waals surface area contributed by atoms with E-state index in [1.54, 1.807) is 0 Å². The van der Waals surface area contributed by atoms with Gasteiger partial charge in [-0.05, 0) is 54.6 Å². The van der Waals surface area contributed by atoms with Crippen LogP contribution in [0.1, 0.15) is 0 Å². The molecule has 4 heterocycles. The summed E-state index contributed by atoms with van der Waals surface area (Å²) in [6.45, 7) is 0.787. The molecule has 0 aliphatic carbocycles. The second-order valence-electron chi connectivity index (χ2n) is 8.65. The van der Waals surface area contributed by atoms with E-state index >= 15 is 0 Å². The van der Waals surface area contributed by atoms with Crippen LogP contribution in [-0.4, -0.2) is 21.1 Å². The third-order valence-corrected chi connectivity index (χ3v) is 6.48. The Morgan fingerprint density at radius 1 is 0.714 bits per heavy atom. The summed E-state index contributed by atoms with van der Waals surface area (Å²) in [6.07, 6.45) is 12.3. The van der Waals surface area contributed by atoms with Crippen LogP contribution in [0.2, 0.25) is 0 Å². The molecule has 5 nitrogen and oxygen atoms in total. The number of rotatable bonds is 4. The summed E-state index contributed by atoms with van der Waals surface area (Å²) in [5.41, 5.74) is 4.47. The van der Waals surface area contributed by atoms with Crippen LogP contribution in [-0.2, 0) is 0 Å². The van der Waals surface area contributed by atoms with Gasteiger partial charge in [-0.1, -0.05) is 36.4 Å². The number of nitrogens with zero attached hydrogens (tertiary/aromatic N) is 4. The van der Waals surface area contributed by atoms with Crippen molar-refractivity contribution in [3.05, 3.63) is 127 Å². The molecule has 0 spiro atoms. The van der Waals surface area contributed by atoms with Crippen LogP contribution in [0.3, 0.4) is 0 Å². The molecule has 0 atom stereocenters. The Morgan fingerprint density at radius 3 is 2.51 bits per heavy atom. The minimum Gasteiger partial charge on any atom is -0.457 e. The highest BCUT2D eigenvalue weighted by Gasteiger charge is 2.20. The lowest BCUT2D eigenvalue weighted by Crippen LogP contribution is -2.22. The topological polar surface area (TPSA) is 33.5 Å². The Bertz CT molecular complexity index is 1660. The van der Waals surface area contributed by atoms with E-state index in [-0.39, 0.29) is 0 Å². The summed E-state index contributed by atoms with van der Waals surface area (Å²) in [6, 6.07) is 28.9. The molecule has 2 aliphatic heterocycles. The van der Waals surface area contributed by atoms with Gasteiger partial charge in [-0.15, -0.1) is 0 Å². The standard InChI is InChI=1S/C30H22N4O/c1-2-12-28-26(11-1)27-15-14-25(19-29(27)34(28)30-13-3-5-16-31-30)35-24-10-7-9-22(18-24)33-20-23-8-4-6-17-32(23)21-33/h1-20H,21H2. The molecule has 168 valence electrons. The van der Waals surface area contributed by atoms with Gasteiger partial charge in [0.1, 0.15) is 17.3 Å². The lowest BCUT2D eigenvalue weighted by atomic mass is 10.1. The molecule has 5 aromatic rings. The van der Waals surface area contributed by atoms with Crippen molar-refractivity contribution in [1.29, 1.82) is 0 Å². The largest absolute Gasteiger partial charge is 0.457 e. The quantitative estimate of drug-likeness (QED) is 0.293. The molecule has 0 saturated carbocycles. The molecule has 0 fully saturated rings. The van der Waals surface area contributed by atoms with E-state index in [1.807, 2.05) is 42.6 Å². The first kappa shape index (κ1) is 19.7. The SMILES string of the molecule is C1=CC2=CN(c3cccc(Oc4ccc5c6ccccc6n(-c6ccccn6)c5c4)c3)CN2C=C1. The number of fused-ring (bicyclic) bond motifs is 4. The number of para-hydroxylation sites is 1. The molecule has 35 heavy (non-hydrogen) atoms. The van der Waals surface area contributed by atoms with Gasteiger partial charge >= 0.3 is 0 Å². The minimum absolute atomic E-state index is 0.787. The van der Waals surface area contributed by atoms with Crippen molar-refractivity contribution in [2.75, 3.05) is 11.6 Å². The fourth-order valence-corrected chi connectivity index (χ4v) is 4.86. The van der Waals surface area contributed by atoms with E-state index in [0.717, 1.165) is 40.7 Å². The number of anilines is 1. The van der Waals surface area contributed by atoms with Crippen LogP contribution in [0.25, 0.3) is 27.6 Å². The predicted octanol–water partition coefficient (Wildman–Crippen LogP) is 6.98. The third-order valence-electron chi connectivity index (χ3n) is 6.48. The second-order valence-corrected chi connectivity index (χ2v) is 8.65. The third kappa shape index (κ3) is 3.37. The monoisotopic (exact) mass is 454 g/mol. The van der Waals surface area contributed by atoms with Gasteiger partial charge in [0.2, 0.25) is 0 Å². The van der Waals surface area contributed by atoms with E-state index < -0.39 is 0 Å². The number of hydrogen-bond acceptors (Lipinski definition) is 4. The number of allylic oxidation sites excluding steroid dienone is 3. The molecule has 2 aromatic heterocycles. The van der Waals surface area contributed by atoms with Gasteiger partial charge in [-0.25, -0.2) is 4.98 Å². The van der Waals surface area contributed by atoms with Crippen LogP contribution in [0.5, 0.6) is 11.5 Å². The number of benzene rings is 3. The van der Waals surface area contributed by atoms with Gasteiger partial charge in [-0.3, -0.25) is 4.57 Å². The first-order valence-electron chi connectivity index (χ1n) is 11.7. The van der Waals surface area contributed by atoms with Gasteiger partial charge in [-0.2, -0.15) is 0 Å². The van der Waals surface area contributed by atoms with Crippen molar-refractivity contribution in [2.45, 2.75) is 0 Å². The van der Waals surface area contributed by atoms with E-state index in [4.69, 9.17) is 4.74 Å². The molecule has 0 radical (unpaired) electrons. The van der Waals surface area contributed by atoms with Gasteiger partial charge in [0, 0.05) is 47.2 Å². The zero-order valence-corrected chi connectivity index (χ0v) is 19.0. The Morgan fingerprint density at radius 2 is 1.60 bits per heavy atom. The molecule has 0 N–H and O–H groups in total. The van der Waals surface area contributed by atoms with Gasteiger partial charge in [0.25, 0.3) is 0 Å². The summed E-state index contributed by atoms with van der Waals surface area (Å²) in [7, 11) is 0. The van der Waals surface area contributed by atoms with Crippen LogP contribution in [0.15, 0.2) is 127 Å². The summed E-state index contributed by atoms with van der Waals surface area (Å²) >= 11 is 0. The maximum atomic E-state index is 6.37. The van der Waals surface area contributed by atoms with Gasteiger partial charge in [0.15, 0.2) is 0 Å². The predicted molar refractivity (Wildman–Crippen MR) is 141 cm³/mol. The number of aromatic nitrogens is 2. The van der Waals surface area contributed by atoms with Gasteiger partial charge < -0.3 is 14.5 Å². The lowest BCUT2D eigenvalue weighted by molar-refractivity contribution is 0.482. The van der Waals surface area contributed by atoms with E-state index in [0.29, 0.717) is 0 Å². The molecular weight excluding hydrogens is 432 g/mol. The highest BCUT2D eigenvalue weighted by atomic mass is 16.5. The van der Waals surface area contributed by atoms with Crippen molar-refractivity contribution in [1.82, 2.24) is 14.5 Å². The number of pyridine rings is 1. The van der Waals surface area contributed by atoms with Crippen molar-refractivity contribution in [3.8, 4) is 17.3 Å². The normalized spacial score (nSPS) is 14.6. The fraction of sp³-hybridized carbons (Fsp3) is 0.0333. The van der Waals surface area contributed by atoms with E-state index in [1.165, 1.54) is 16.5 Å². The second kappa shape index (κ2) is 7.92. The molecule has 7 rings (SSSR count). The van der Waals surface area contributed by atoms with Gasteiger partial charge in [0.05, 0.1) is 23.4 Å². The summed E-state index contributed by atoms with van der Waals surface area (Å²) in [5.74, 6) is 2.48. The molecular formula is C30H22N4O. The Labute approximate surface area is 203 Å². The maximum absolute atomic E-state index is 6.37. The fourth-order valence-electron chi connectivity index (χ4n) is 4.86. The maximum Gasteiger partial charge on any atom is 0.137 e. The average Bonchev–Trinajstić information content (AvgIpc) is 3.49. The summed E-state index contributed by atoms with van der Waals surface area (Å²) in [5, 5.41) is 2.37. The zero-order chi connectivity index (χ0) is 23.2. The van der Waals surface area contributed by atoms with E-state index in [9.17, 15) is 0 Å². The smallest absolute Gasteiger partial charge is 0.137 e. The lowest BCUT2D eigenvalue weighted by Gasteiger charge is -2.21. The molecule has 0 unspecified atom stereocenters. The van der Waals surface area contributed by atoms with E-state index in [2.05, 4.69) is 98.5 Å². The van der Waals surface area contributed by atoms with Crippen LogP contribution < -0.4 is 9.64 Å². The van der Waals surface area contributed by atoms with Crippen molar-refractivity contribution < 1.29 is 4.74 Å². The highest BCUT2D eigenvalue weighted by molar-refractivity contribution is 6.09.